The van der Waals surface area contributed by atoms with E-state index < -0.39 is 0 Å². The van der Waals surface area contributed by atoms with Crippen molar-refractivity contribution in [2.45, 2.75) is 26.7 Å². The number of hydrogen-bond acceptors (Lipinski definition) is 4. The molecule has 0 fully saturated rings. The Hall–Kier alpha value is -1.68. The van der Waals surface area contributed by atoms with E-state index in [2.05, 4.69) is 47.5 Å². The Labute approximate surface area is 107 Å². The van der Waals surface area contributed by atoms with Crippen molar-refractivity contribution in [2.75, 3.05) is 13.6 Å². The van der Waals surface area contributed by atoms with Gasteiger partial charge in [-0.05, 0) is 37.6 Å². The number of rotatable bonds is 5. The molecule has 0 radical (unpaired) electrons. The monoisotopic (exact) mass is 245 g/mol. The second-order valence-electron chi connectivity index (χ2n) is 4.55. The molecule has 2 rings (SSSR count). The molecule has 4 heteroatoms. The molecule has 0 aliphatic heterocycles. The van der Waals surface area contributed by atoms with Crippen LogP contribution in [0.25, 0.3) is 0 Å². The molecule has 0 aliphatic rings. The second kappa shape index (κ2) is 5.78. The van der Waals surface area contributed by atoms with Crippen LogP contribution in [0.15, 0.2) is 22.7 Å². The van der Waals surface area contributed by atoms with Gasteiger partial charge in [0.25, 0.3) is 0 Å². The largest absolute Gasteiger partial charge is 0.339 e. The van der Waals surface area contributed by atoms with E-state index in [0.717, 1.165) is 25.2 Å². The van der Waals surface area contributed by atoms with E-state index in [4.69, 9.17) is 4.52 Å². The zero-order chi connectivity index (χ0) is 13.0. The number of aromatic nitrogens is 2. The van der Waals surface area contributed by atoms with Crippen LogP contribution < -0.4 is 5.32 Å². The maximum absolute atomic E-state index is 5.19. The van der Waals surface area contributed by atoms with E-state index >= 15 is 0 Å². The van der Waals surface area contributed by atoms with E-state index in [9.17, 15) is 0 Å². The van der Waals surface area contributed by atoms with Gasteiger partial charge in [0.15, 0.2) is 5.82 Å². The van der Waals surface area contributed by atoms with Crippen LogP contribution >= 0.6 is 0 Å². The maximum atomic E-state index is 5.19. The molecule has 0 unspecified atom stereocenters. The number of nitrogens with zero attached hydrogens (tertiary/aromatic N) is 2. The summed E-state index contributed by atoms with van der Waals surface area (Å²) in [7, 11) is 1.91. The predicted molar refractivity (Wildman–Crippen MR) is 70.7 cm³/mol. The highest BCUT2D eigenvalue weighted by Crippen LogP contribution is 2.12. The Balaban J connectivity index is 2.04. The lowest BCUT2D eigenvalue weighted by Crippen LogP contribution is -2.10. The first-order valence-electron chi connectivity index (χ1n) is 6.21. The van der Waals surface area contributed by atoms with Crippen LogP contribution in [0.2, 0.25) is 0 Å². The summed E-state index contributed by atoms with van der Waals surface area (Å²) in [6.45, 7) is 5.09. The predicted octanol–water partition coefficient (Wildman–Crippen LogP) is 2.04. The summed E-state index contributed by atoms with van der Waals surface area (Å²) in [5, 5.41) is 7.06. The minimum Gasteiger partial charge on any atom is -0.339 e. The van der Waals surface area contributed by atoms with Crippen LogP contribution in [0.5, 0.6) is 0 Å². The standard InChI is InChI=1S/C14H19N3O/c1-10-4-5-12(8-11(10)2)9-13-16-14(18-17-13)6-7-15-3/h4-5,8,15H,6-7,9H2,1-3H3. The van der Waals surface area contributed by atoms with Gasteiger partial charge in [-0.3, -0.25) is 0 Å². The second-order valence-corrected chi connectivity index (χ2v) is 4.55. The molecule has 0 bridgehead atoms. The number of benzene rings is 1. The molecule has 96 valence electrons. The van der Waals surface area contributed by atoms with Crippen molar-refractivity contribution in [1.82, 2.24) is 15.5 Å². The van der Waals surface area contributed by atoms with Gasteiger partial charge >= 0.3 is 0 Å². The van der Waals surface area contributed by atoms with Gasteiger partial charge < -0.3 is 9.84 Å². The molecule has 0 atom stereocenters. The van der Waals surface area contributed by atoms with Crippen LogP contribution in [0.3, 0.4) is 0 Å². The smallest absolute Gasteiger partial charge is 0.227 e. The minimum atomic E-state index is 0.697. The van der Waals surface area contributed by atoms with Crippen LogP contribution in [0.4, 0.5) is 0 Å². The highest BCUT2D eigenvalue weighted by atomic mass is 16.5. The fraction of sp³-hybridized carbons (Fsp3) is 0.429. The lowest BCUT2D eigenvalue weighted by molar-refractivity contribution is 0.372. The third-order valence-electron chi connectivity index (χ3n) is 3.03. The van der Waals surface area contributed by atoms with Crippen molar-refractivity contribution in [2.24, 2.45) is 0 Å². The summed E-state index contributed by atoms with van der Waals surface area (Å²) in [5.74, 6) is 1.45. The van der Waals surface area contributed by atoms with Crippen molar-refractivity contribution in [3.63, 3.8) is 0 Å². The first-order valence-corrected chi connectivity index (χ1v) is 6.21. The lowest BCUT2D eigenvalue weighted by Gasteiger charge is -2.02. The SMILES string of the molecule is CNCCc1nc(Cc2ccc(C)c(C)c2)no1. The highest BCUT2D eigenvalue weighted by Gasteiger charge is 2.07. The van der Waals surface area contributed by atoms with E-state index in [1.54, 1.807) is 0 Å². The highest BCUT2D eigenvalue weighted by molar-refractivity contribution is 5.31. The molecule has 0 amide bonds. The van der Waals surface area contributed by atoms with Crippen LogP contribution in [-0.2, 0) is 12.8 Å². The normalized spacial score (nSPS) is 10.8. The van der Waals surface area contributed by atoms with Gasteiger partial charge in [-0.1, -0.05) is 23.4 Å². The molecule has 18 heavy (non-hydrogen) atoms. The zero-order valence-electron chi connectivity index (χ0n) is 11.2. The Morgan fingerprint density at radius 3 is 2.78 bits per heavy atom. The molecule has 0 saturated heterocycles. The fourth-order valence-corrected chi connectivity index (χ4v) is 1.79. The summed E-state index contributed by atoms with van der Waals surface area (Å²) in [6, 6.07) is 6.43. The first-order chi connectivity index (χ1) is 8.69. The number of aryl methyl sites for hydroxylation is 2. The van der Waals surface area contributed by atoms with Gasteiger partial charge in [0.2, 0.25) is 5.89 Å². The molecular weight excluding hydrogens is 226 g/mol. The molecule has 1 aromatic carbocycles. The molecule has 0 aliphatic carbocycles. The summed E-state index contributed by atoms with van der Waals surface area (Å²) >= 11 is 0. The van der Waals surface area contributed by atoms with E-state index in [-0.39, 0.29) is 0 Å². The zero-order valence-corrected chi connectivity index (χ0v) is 11.2. The van der Waals surface area contributed by atoms with Gasteiger partial charge in [-0.15, -0.1) is 0 Å². The Bertz CT molecular complexity index is 520. The topological polar surface area (TPSA) is 51.0 Å². The third kappa shape index (κ3) is 3.17. The average Bonchev–Trinajstić information content (AvgIpc) is 2.79. The van der Waals surface area contributed by atoms with Crippen LogP contribution in [0.1, 0.15) is 28.4 Å². The van der Waals surface area contributed by atoms with Gasteiger partial charge in [0, 0.05) is 19.4 Å². The molecule has 0 spiro atoms. The lowest BCUT2D eigenvalue weighted by atomic mass is 10.0. The summed E-state index contributed by atoms with van der Waals surface area (Å²) in [6.07, 6.45) is 1.50. The van der Waals surface area contributed by atoms with Crippen molar-refractivity contribution >= 4 is 0 Å². The first kappa shape index (κ1) is 12.8. The quantitative estimate of drug-likeness (QED) is 0.875. The molecular formula is C14H19N3O. The number of likely N-dealkylation sites (N-methyl/N-ethyl adjacent to an activating group) is 1. The van der Waals surface area contributed by atoms with Gasteiger partial charge in [0.1, 0.15) is 0 Å². The third-order valence-corrected chi connectivity index (χ3v) is 3.03. The van der Waals surface area contributed by atoms with E-state index in [1.165, 1.54) is 16.7 Å². The van der Waals surface area contributed by atoms with Crippen molar-refractivity contribution in [3.8, 4) is 0 Å². The molecule has 1 N–H and O–H groups in total. The van der Waals surface area contributed by atoms with Gasteiger partial charge in [0.05, 0.1) is 0 Å². The van der Waals surface area contributed by atoms with E-state index in [0.29, 0.717) is 5.89 Å². The Kier molecular flexibility index (Phi) is 4.10. The summed E-state index contributed by atoms with van der Waals surface area (Å²) in [5.41, 5.74) is 3.83. The molecule has 1 heterocycles. The number of nitrogens with one attached hydrogen (secondary N) is 1. The maximum Gasteiger partial charge on any atom is 0.227 e. The number of hydrogen-bond donors (Lipinski definition) is 1. The molecule has 4 nitrogen and oxygen atoms in total. The van der Waals surface area contributed by atoms with Crippen molar-refractivity contribution in [1.29, 1.82) is 0 Å². The minimum absolute atomic E-state index is 0.697. The summed E-state index contributed by atoms with van der Waals surface area (Å²) in [4.78, 5) is 4.38. The Morgan fingerprint density at radius 1 is 1.22 bits per heavy atom. The van der Waals surface area contributed by atoms with E-state index in [1.807, 2.05) is 7.05 Å². The molecule has 2 aromatic rings. The van der Waals surface area contributed by atoms with Crippen molar-refractivity contribution < 1.29 is 4.52 Å². The average molecular weight is 245 g/mol. The fourth-order valence-electron chi connectivity index (χ4n) is 1.79. The molecule has 0 saturated carbocycles. The Morgan fingerprint density at radius 2 is 2.06 bits per heavy atom. The van der Waals surface area contributed by atoms with Gasteiger partial charge in [-0.25, -0.2) is 0 Å². The summed E-state index contributed by atoms with van der Waals surface area (Å²) < 4.78 is 5.19. The van der Waals surface area contributed by atoms with Crippen molar-refractivity contribution in [3.05, 3.63) is 46.6 Å². The molecule has 1 aromatic heterocycles. The van der Waals surface area contributed by atoms with Gasteiger partial charge in [-0.2, -0.15) is 4.98 Å². The van der Waals surface area contributed by atoms with Crippen LogP contribution in [0, 0.1) is 13.8 Å². The van der Waals surface area contributed by atoms with Crippen LogP contribution in [-0.4, -0.2) is 23.7 Å².